The minimum Gasteiger partial charge on any atom is -0.267 e. The van der Waals surface area contributed by atoms with E-state index in [4.69, 9.17) is 15.9 Å². The van der Waals surface area contributed by atoms with Gasteiger partial charge in [0, 0.05) is 28.6 Å². The zero-order chi connectivity index (χ0) is 13.2. The molecule has 0 saturated carbocycles. The molecule has 0 aliphatic heterocycles. The molecule has 0 bridgehead atoms. The average Bonchev–Trinajstić information content (AvgIpc) is 2.78. The third-order valence-electron chi connectivity index (χ3n) is 2.22. The highest BCUT2D eigenvalue weighted by molar-refractivity contribution is 8.13. The summed E-state index contributed by atoms with van der Waals surface area (Å²) < 4.78 is 23.5. The molecule has 6 nitrogen and oxygen atoms in total. The van der Waals surface area contributed by atoms with Gasteiger partial charge in [0.15, 0.2) is 0 Å². The van der Waals surface area contributed by atoms with Crippen LogP contribution in [0.4, 0.5) is 0 Å². The van der Waals surface area contributed by atoms with Gasteiger partial charge in [-0.3, -0.25) is 4.68 Å². The second-order valence-electron chi connectivity index (χ2n) is 3.43. The topological polar surface area (TPSA) is 88.6 Å². The van der Waals surface area contributed by atoms with Crippen LogP contribution in [-0.4, -0.2) is 23.2 Å². The largest absolute Gasteiger partial charge is 0.267 e. The van der Waals surface area contributed by atoms with E-state index in [0.29, 0.717) is 5.56 Å². The van der Waals surface area contributed by atoms with Gasteiger partial charge in [-0.15, -0.1) is 0 Å². The van der Waals surface area contributed by atoms with Crippen LogP contribution in [0.1, 0.15) is 11.3 Å². The highest BCUT2D eigenvalue weighted by atomic mass is 35.7. The lowest BCUT2D eigenvalue weighted by atomic mass is 10.2. The van der Waals surface area contributed by atoms with Crippen LogP contribution in [0.15, 0.2) is 35.6 Å². The van der Waals surface area contributed by atoms with Gasteiger partial charge < -0.3 is 0 Å². The molecule has 0 aliphatic rings. The van der Waals surface area contributed by atoms with E-state index < -0.39 is 9.05 Å². The molecule has 0 radical (unpaired) electrons. The summed E-state index contributed by atoms with van der Waals surface area (Å²) in [6.07, 6.45) is 3.97. The van der Waals surface area contributed by atoms with Crippen LogP contribution in [0, 0.1) is 11.3 Å². The maximum Gasteiger partial charge on any atom is 0.264 e. The van der Waals surface area contributed by atoms with Crippen LogP contribution in [-0.2, 0) is 15.6 Å². The molecule has 18 heavy (non-hydrogen) atoms. The van der Waals surface area contributed by atoms with Crippen molar-refractivity contribution in [2.24, 2.45) is 0 Å². The first kappa shape index (κ1) is 12.5. The van der Waals surface area contributed by atoms with Gasteiger partial charge in [0.05, 0.1) is 12.7 Å². The minimum absolute atomic E-state index is 0.0773. The number of pyridine rings is 1. The van der Waals surface area contributed by atoms with Crippen molar-refractivity contribution in [2.45, 2.75) is 11.4 Å². The average molecular weight is 283 g/mol. The molecule has 0 unspecified atom stereocenters. The fraction of sp³-hybridized carbons (Fsp3) is 0.100. The van der Waals surface area contributed by atoms with Crippen molar-refractivity contribution in [1.82, 2.24) is 14.8 Å². The molecule has 0 fully saturated rings. The van der Waals surface area contributed by atoms with E-state index in [1.165, 1.54) is 17.1 Å². The fourth-order valence-electron chi connectivity index (χ4n) is 1.40. The third kappa shape index (κ3) is 2.67. The Morgan fingerprint density at radius 1 is 1.50 bits per heavy atom. The van der Waals surface area contributed by atoms with E-state index in [0.717, 1.165) is 6.20 Å². The van der Waals surface area contributed by atoms with Gasteiger partial charge in [-0.2, -0.15) is 10.4 Å². The Kier molecular flexibility index (Phi) is 3.32. The summed E-state index contributed by atoms with van der Waals surface area (Å²) in [7, 11) is 1.41. The maximum absolute atomic E-state index is 11.1. The first-order valence-corrected chi connectivity index (χ1v) is 7.13. The van der Waals surface area contributed by atoms with Gasteiger partial charge in [0.1, 0.15) is 16.7 Å². The summed E-state index contributed by atoms with van der Waals surface area (Å²) in [5.41, 5.74) is 0.935. The summed E-state index contributed by atoms with van der Waals surface area (Å²) in [6, 6.07) is 5.37. The van der Waals surface area contributed by atoms with Gasteiger partial charge >= 0.3 is 0 Å². The van der Waals surface area contributed by atoms with Crippen molar-refractivity contribution < 1.29 is 8.42 Å². The number of halogens is 1. The van der Waals surface area contributed by atoms with E-state index >= 15 is 0 Å². The molecule has 0 N–H and O–H groups in total. The van der Waals surface area contributed by atoms with Gasteiger partial charge in [-0.25, -0.2) is 13.4 Å². The molecule has 8 heteroatoms. The van der Waals surface area contributed by atoms with Crippen molar-refractivity contribution >= 4 is 19.7 Å². The summed E-state index contributed by atoms with van der Waals surface area (Å²) in [4.78, 5) is 3.83. The van der Waals surface area contributed by atoms with Crippen molar-refractivity contribution in [3.05, 3.63) is 42.0 Å². The Balaban J connectivity index is 2.31. The molecule has 0 aromatic carbocycles. The smallest absolute Gasteiger partial charge is 0.264 e. The van der Waals surface area contributed by atoms with Gasteiger partial charge in [-0.05, 0) is 6.07 Å². The van der Waals surface area contributed by atoms with E-state index in [9.17, 15) is 8.42 Å². The Hall–Kier alpha value is -1.91. The molecule has 0 spiro atoms. The molecule has 2 aromatic rings. The number of rotatable bonds is 3. The first-order valence-electron chi connectivity index (χ1n) is 4.82. The van der Waals surface area contributed by atoms with Crippen molar-refractivity contribution in [1.29, 1.82) is 5.26 Å². The maximum atomic E-state index is 11.1. The molecular weight excluding hydrogens is 276 g/mol. The molecule has 2 heterocycles. The normalized spacial score (nSPS) is 11.1. The number of hydrogen-bond donors (Lipinski definition) is 0. The van der Waals surface area contributed by atoms with E-state index in [2.05, 4.69) is 10.1 Å². The highest BCUT2D eigenvalue weighted by Gasteiger charge is 2.13. The van der Waals surface area contributed by atoms with Crippen LogP contribution in [0.3, 0.4) is 0 Å². The van der Waals surface area contributed by atoms with Crippen molar-refractivity contribution in [2.75, 3.05) is 0 Å². The molecule has 2 rings (SSSR count). The van der Waals surface area contributed by atoms with E-state index in [1.807, 2.05) is 6.07 Å². The summed E-state index contributed by atoms with van der Waals surface area (Å²) in [6.45, 7) is 0.253. The SMILES string of the molecule is N#Cc1ncccc1Cn1cc(S(=O)(=O)Cl)cn1. The van der Waals surface area contributed by atoms with Crippen LogP contribution < -0.4 is 0 Å². The van der Waals surface area contributed by atoms with Crippen molar-refractivity contribution in [3.63, 3.8) is 0 Å². The van der Waals surface area contributed by atoms with Gasteiger partial charge in [-0.1, -0.05) is 6.07 Å². The summed E-state index contributed by atoms with van der Waals surface area (Å²) >= 11 is 0. The van der Waals surface area contributed by atoms with E-state index in [1.54, 1.807) is 12.1 Å². The van der Waals surface area contributed by atoms with Gasteiger partial charge in [0.2, 0.25) is 0 Å². The predicted molar refractivity (Wildman–Crippen MR) is 63.3 cm³/mol. The molecular formula is C10H7ClN4O2S. The van der Waals surface area contributed by atoms with Crippen LogP contribution in [0.2, 0.25) is 0 Å². The first-order chi connectivity index (χ1) is 8.50. The molecule has 92 valence electrons. The monoisotopic (exact) mass is 282 g/mol. The molecule has 0 amide bonds. The van der Waals surface area contributed by atoms with Crippen LogP contribution in [0.5, 0.6) is 0 Å². The Bertz CT molecular complexity index is 717. The summed E-state index contributed by atoms with van der Waals surface area (Å²) in [5.74, 6) is 0. The van der Waals surface area contributed by atoms with E-state index in [-0.39, 0.29) is 17.1 Å². The number of nitriles is 1. The molecule has 0 atom stereocenters. The van der Waals surface area contributed by atoms with Crippen LogP contribution >= 0.6 is 10.7 Å². The zero-order valence-corrected chi connectivity index (χ0v) is 10.6. The zero-order valence-electron chi connectivity index (χ0n) is 8.99. The third-order valence-corrected chi connectivity index (χ3v) is 3.53. The molecule has 0 saturated heterocycles. The van der Waals surface area contributed by atoms with Crippen molar-refractivity contribution in [3.8, 4) is 6.07 Å². The fourth-order valence-corrected chi connectivity index (χ4v) is 2.06. The Morgan fingerprint density at radius 3 is 2.89 bits per heavy atom. The quantitative estimate of drug-likeness (QED) is 0.787. The van der Waals surface area contributed by atoms with Crippen LogP contribution in [0.25, 0.3) is 0 Å². The number of hydrogen-bond acceptors (Lipinski definition) is 5. The minimum atomic E-state index is -3.78. The lowest BCUT2D eigenvalue weighted by molar-refractivity contribution is 0.609. The van der Waals surface area contributed by atoms with Gasteiger partial charge in [0.25, 0.3) is 9.05 Å². The lowest BCUT2D eigenvalue weighted by Gasteiger charge is -2.02. The summed E-state index contributed by atoms with van der Waals surface area (Å²) in [5, 5.41) is 12.7. The highest BCUT2D eigenvalue weighted by Crippen LogP contribution is 2.14. The standard InChI is InChI=1S/C10H7ClN4O2S/c11-18(16,17)9-5-14-15(7-9)6-8-2-1-3-13-10(8)4-12/h1-3,5,7H,6H2. The molecule has 2 aromatic heterocycles. The molecule has 0 aliphatic carbocycles. The number of aromatic nitrogens is 3. The Labute approximate surface area is 108 Å². The lowest BCUT2D eigenvalue weighted by Crippen LogP contribution is -2.03. The second kappa shape index (κ2) is 4.76. The number of nitrogens with zero attached hydrogens (tertiary/aromatic N) is 4. The predicted octanol–water partition coefficient (Wildman–Crippen LogP) is 1.13. The Morgan fingerprint density at radius 2 is 2.28 bits per heavy atom. The second-order valence-corrected chi connectivity index (χ2v) is 6.00.